The second-order valence-corrected chi connectivity index (χ2v) is 24.6. The van der Waals surface area contributed by atoms with E-state index < -0.39 is 16.6 Å². The molecule has 2 fully saturated rings. The largest absolute Gasteiger partial charge is 0.504 e. The van der Waals surface area contributed by atoms with E-state index in [0.717, 1.165) is 31.4 Å². The number of hydrogen-bond acceptors (Lipinski definition) is 5. The zero-order chi connectivity index (χ0) is 27.1. The van der Waals surface area contributed by atoms with E-state index in [-0.39, 0.29) is 23.1 Å². The molecular formula is C29H49NO4Si2. The van der Waals surface area contributed by atoms with Crippen LogP contribution in [0.2, 0.25) is 36.3 Å². The SMILES string of the molecule is CC(C)(C)[Si](C)(C)O[Si](C)(C)C(C)(C)C.CN1CC[C@]23c4c5ccc(O)c4O[C@H]2C(=O)CC[C@H]3[C@H]1C5. The van der Waals surface area contributed by atoms with Crippen LogP contribution in [0.3, 0.4) is 0 Å². The molecule has 202 valence electrons. The highest BCUT2D eigenvalue weighted by Gasteiger charge is 2.65. The number of nitrogens with zero attached hydrogens (tertiary/aromatic N) is 1. The fourth-order valence-corrected chi connectivity index (χ4v) is 14.0. The fraction of sp³-hybridized carbons (Fsp3) is 0.759. The van der Waals surface area contributed by atoms with Crippen LogP contribution >= 0.6 is 0 Å². The molecule has 1 saturated carbocycles. The molecule has 0 amide bonds. The molecule has 1 aromatic carbocycles. The number of aromatic hydroxyl groups is 1. The van der Waals surface area contributed by atoms with Crippen LogP contribution in [-0.4, -0.2) is 58.2 Å². The van der Waals surface area contributed by atoms with Crippen LogP contribution in [0.15, 0.2) is 12.1 Å². The Bertz CT molecular complexity index is 1010. The van der Waals surface area contributed by atoms with E-state index in [0.29, 0.717) is 34.2 Å². The van der Waals surface area contributed by atoms with Crippen LogP contribution in [0.4, 0.5) is 0 Å². The molecule has 4 atom stereocenters. The standard InChI is InChI=1S/C17H19NO3.C12H30OSi2/c1-18-7-6-17-10-3-5-13(20)16(17)21-15-12(19)4-2-9(14(15)17)8-11(10)18;1-11(2,3)14(7,8)13-15(9,10)12(4,5)6/h2,4,10-11,16,19H,3,5-8H2,1H3;1-10H3/t10-,11+,16-,17-;/m0./s1. The van der Waals surface area contributed by atoms with E-state index in [2.05, 4.69) is 79.7 Å². The van der Waals surface area contributed by atoms with Crippen molar-refractivity contribution in [3.05, 3.63) is 23.3 Å². The Morgan fingerprint density at radius 1 is 1.06 bits per heavy atom. The van der Waals surface area contributed by atoms with Crippen molar-refractivity contribution >= 4 is 22.4 Å². The number of carbonyl (C=O) groups is 1. The van der Waals surface area contributed by atoms with Crippen LogP contribution in [0, 0.1) is 5.92 Å². The van der Waals surface area contributed by atoms with Gasteiger partial charge in [-0.15, -0.1) is 0 Å². The molecule has 1 aromatic rings. The van der Waals surface area contributed by atoms with Crippen molar-refractivity contribution in [1.82, 2.24) is 4.90 Å². The van der Waals surface area contributed by atoms with Crippen molar-refractivity contribution in [3.8, 4) is 11.5 Å². The first kappa shape index (κ1) is 27.9. The Labute approximate surface area is 221 Å². The molecule has 2 bridgehead atoms. The highest BCUT2D eigenvalue weighted by molar-refractivity contribution is 6.87. The van der Waals surface area contributed by atoms with Crippen molar-refractivity contribution in [2.75, 3.05) is 13.6 Å². The van der Waals surface area contributed by atoms with Gasteiger partial charge in [0.15, 0.2) is 40.0 Å². The molecule has 0 unspecified atom stereocenters. The Balaban J connectivity index is 0.000000182. The third-order valence-corrected chi connectivity index (χ3v) is 21.8. The number of ketones is 1. The van der Waals surface area contributed by atoms with E-state index in [1.165, 1.54) is 5.56 Å². The summed E-state index contributed by atoms with van der Waals surface area (Å²) in [5.74, 6) is 1.50. The van der Waals surface area contributed by atoms with E-state index in [1.807, 2.05) is 6.07 Å². The van der Waals surface area contributed by atoms with E-state index in [4.69, 9.17) is 8.85 Å². The average Bonchev–Trinajstić information content (AvgIpc) is 3.08. The van der Waals surface area contributed by atoms with Crippen LogP contribution in [0.1, 0.15) is 71.9 Å². The molecule has 2 heterocycles. The topological polar surface area (TPSA) is 59.0 Å². The summed E-state index contributed by atoms with van der Waals surface area (Å²) in [7, 11) is -0.977. The number of benzene rings is 1. The Morgan fingerprint density at radius 3 is 2.19 bits per heavy atom. The maximum atomic E-state index is 12.5. The summed E-state index contributed by atoms with van der Waals surface area (Å²) in [6.07, 6.45) is 3.18. The number of carbonyl (C=O) groups excluding carboxylic acids is 1. The molecule has 2 aliphatic carbocycles. The summed E-state index contributed by atoms with van der Waals surface area (Å²) < 4.78 is 12.7. The lowest BCUT2D eigenvalue weighted by atomic mass is 9.52. The molecule has 1 N–H and O–H groups in total. The van der Waals surface area contributed by atoms with Crippen molar-refractivity contribution in [1.29, 1.82) is 0 Å². The number of hydrogen-bond donors (Lipinski definition) is 1. The minimum atomic E-state index is -1.59. The minimum absolute atomic E-state index is 0.172. The lowest BCUT2D eigenvalue weighted by Gasteiger charge is -2.57. The van der Waals surface area contributed by atoms with E-state index >= 15 is 0 Å². The van der Waals surface area contributed by atoms with E-state index in [9.17, 15) is 9.90 Å². The van der Waals surface area contributed by atoms with Gasteiger partial charge in [-0.05, 0) is 86.7 Å². The number of rotatable bonds is 2. The zero-order valence-electron chi connectivity index (χ0n) is 24.5. The average molecular weight is 532 g/mol. The van der Waals surface area contributed by atoms with Crippen LogP contribution in [0.25, 0.3) is 0 Å². The summed E-state index contributed by atoms with van der Waals surface area (Å²) in [5.41, 5.74) is 2.26. The lowest BCUT2D eigenvalue weighted by Crippen LogP contribution is -2.65. The number of phenols is 1. The highest BCUT2D eigenvalue weighted by atomic mass is 28.4. The smallest absolute Gasteiger partial charge is 0.178 e. The summed E-state index contributed by atoms with van der Waals surface area (Å²) in [4.78, 5) is 14.9. The number of piperidine rings is 1. The summed E-state index contributed by atoms with van der Waals surface area (Å²) in [5, 5.41) is 10.8. The second-order valence-electron chi connectivity index (χ2n) is 14.7. The van der Waals surface area contributed by atoms with Gasteiger partial charge in [0.05, 0.1) is 0 Å². The number of likely N-dealkylation sites (N-methyl/N-ethyl adjacent to an activating group) is 1. The molecule has 36 heavy (non-hydrogen) atoms. The molecule has 5 nitrogen and oxygen atoms in total. The predicted molar refractivity (Wildman–Crippen MR) is 152 cm³/mol. The van der Waals surface area contributed by atoms with Gasteiger partial charge in [-0.2, -0.15) is 0 Å². The molecule has 1 spiro atoms. The van der Waals surface area contributed by atoms with Crippen molar-refractivity contribution in [2.45, 2.75) is 121 Å². The van der Waals surface area contributed by atoms with E-state index in [1.54, 1.807) is 6.07 Å². The number of ether oxygens (including phenoxy) is 1. The first-order valence-corrected chi connectivity index (χ1v) is 19.6. The third kappa shape index (κ3) is 4.22. The number of likely N-dealkylation sites (tertiary alicyclic amines) is 1. The molecule has 0 aromatic heterocycles. The van der Waals surface area contributed by atoms with Crippen molar-refractivity contribution < 1.29 is 18.8 Å². The van der Waals surface area contributed by atoms with Crippen LogP contribution in [-0.2, 0) is 20.7 Å². The molecule has 5 rings (SSSR count). The zero-order valence-corrected chi connectivity index (χ0v) is 26.5. The normalized spacial score (nSPS) is 29.8. The molecular weight excluding hydrogens is 482 g/mol. The lowest BCUT2D eigenvalue weighted by molar-refractivity contribution is -0.138. The maximum Gasteiger partial charge on any atom is 0.178 e. The number of phenolic OH excluding ortho intramolecular Hbond substituents is 1. The van der Waals surface area contributed by atoms with Gasteiger partial charge in [-0.1, -0.05) is 47.6 Å². The Kier molecular flexibility index (Phi) is 6.72. The highest BCUT2D eigenvalue weighted by Crippen LogP contribution is 2.62. The minimum Gasteiger partial charge on any atom is -0.504 e. The first-order valence-electron chi connectivity index (χ1n) is 13.8. The number of Topliss-reactive ketones (excluding diaryl/α,β-unsaturated/α-hetero) is 1. The van der Waals surface area contributed by atoms with Crippen molar-refractivity contribution in [3.63, 3.8) is 0 Å². The van der Waals surface area contributed by atoms with Gasteiger partial charge in [-0.3, -0.25) is 4.79 Å². The van der Waals surface area contributed by atoms with Crippen LogP contribution < -0.4 is 4.74 Å². The van der Waals surface area contributed by atoms with Gasteiger partial charge in [-0.25, -0.2) is 0 Å². The van der Waals surface area contributed by atoms with Gasteiger partial charge in [0.2, 0.25) is 0 Å². The summed E-state index contributed by atoms with van der Waals surface area (Å²) in [6.45, 7) is 24.3. The van der Waals surface area contributed by atoms with Gasteiger partial charge in [0.25, 0.3) is 0 Å². The second kappa shape index (κ2) is 8.68. The third-order valence-electron chi connectivity index (χ3n) is 10.5. The molecule has 2 aliphatic heterocycles. The Morgan fingerprint density at radius 2 is 1.64 bits per heavy atom. The first-order chi connectivity index (χ1) is 16.3. The van der Waals surface area contributed by atoms with Gasteiger partial charge < -0.3 is 18.9 Å². The van der Waals surface area contributed by atoms with Gasteiger partial charge in [0, 0.05) is 23.4 Å². The summed E-state index contributed by atoms with van der Waals surface area (Å²) >= 11 is 0. The van der Waals surface area contributed by atoms with Gasteiger partial charge >= 0.3 is 0 Å². The molecule has 0 radical (unpaired) electrons. The monoisotopic (exact) mass is 531 g/mol. The molecule has 4 aliphatic rings. The van der Waals surface area contributed by atoms with Crippen molar-refractivity contribution in [2.24, 2.45) is 5.92 Å². The van der Waals surface area contributed by atoms with Gasteiger partial charge in [0.1, 0.15) is 0 Å². The molecule has 7 heteroatoms. The fourth-order valence-electron chi connectivity index (χ4n) is 6.46. The predicted octanol–water partition coefficient (Wildman–Crippen LogP) is 6.64. The quantitative estimate of drug-likeness (QED) is 0.433. The molecule has 1 saturated heterocycles. The Hall–Kier alpha value is -1.16. The van der Waals surface area contributed by atoms with Crippen LogP contribution in [0.5, 0.6) is 11.5 Å². The maximum absolute atomic E-state index is 12.5. The summed E-state index contributed by atoms with van der Waals surface area (Å²) in [6, 6.07) is 4.26.